The number of ether oxygens (including phenoxy) is 3. The van der Waals surface area contributed by atoms with Gasteiger partial charge in [-0.2, -0.15) is 0 Å². The van der Waals surface area contributed by atoms with Crippen LogP contribution >= 0.6 is 0 Å². The van der Waals surface area contributed by atoms with Crippen LogP contribution in [0, 0.1) is 12.3 Å². The third kappa shape index (κ3) is 3.33. The lowest BCUT2D eigenvalue weighted by Crippen LogP contribution is -2.21. The quantitative estimate of drug-likeness (QED) is 0.767. The van der Waals surface area contributed by atoms with E-state index >= 15 is 0 Å². The normalized spacial score (nSPS) is 11.5. The summed E-state index contributed by atoms with van der Waals surface area (Å²) in [6.07, 6.45) is 6.01. The van der Waals surface area contributed by atoms with Gasteiger partial charge < -0.3 is 19.5 Å². The van der Waals surface area contributed by atoms with E-state index in [1.165, 1.54) is 0 Å². The van der Waals surface area contributed by atoms with E-state index in [9.17, 15) is 0 Å². The first kappa shape index (κ1) is 15.2. The summed E-state index contributed by atoms with van der Waals surface area (Å²) in [5.74, 6) is 4.56. The number of nitrogens with one attached hydrogen (secondary N) is 1. The standard InChI is InChI=1S/C15H21NO3/c1-6-8-12(16-7-2)11-9-10-13(17-3)15(19-5)14(11)18-4/h1,9-10,12,16H,7-8H2,2-5H3. The van der Waals surface area contributed by atoms with Crippen molar-refractivity contribution >= 4 is 0 Å². The van der Waals surface area contributed by atoms with Gasteiger partial charge in [-0.15, -0.1) is 12.3 Å². The van der Waals surface area contributed by atoms with Gasteiger partial charge in [-0.05, 0) is 18.7 Å². The molecule has 4 heteroatoms. The van der Waals surface area contributed by atoms with Gasteiger partial charge in [0.15, 0.2) is 11.5 Å². The van der Waals surface area contributed by atoms with Crippen LogP contribution in [0.2, 0.25) is 0 Å². The first-order valence-corrected chi connectivity index (χ1v) is 6.19. The SMILES string of the molecule is C#CCC(NCC)c1ccc(OC)c(OC)c1OC. The Kier molecular flexibility index (Phi) is 6.04. The zero-order chi connectivity index (χ0) is 14.3. The molecule has 0 bridgehead atoms. The second-order valence-corrected chi connectivity index (χ2v) is 3.94. The monoisotopic (exact) mass is 263 g/mol. The second-order valence-electron chi connectivity index (χ2n) is 3.94. The largest absolute Gasteiger partial charge is 0.493 e. The molecule has 1 atom stereocenters. The molecule has 1 N–H and O–H groups in total. The summed E-state index contributed by atoms with van der Waals surface area (Å²) in [7, 11) is 4.80. The van der Waals surface area contributed by atoms with Crippen LogP contribution in [0.4, 0.5) is 0 Å². The first-order valence-electron chi connectivity index (χ1n) is 6.19. The van der Waals surface area contributed by atoms with Crippen LogP contribution in [-0.4, -0.2) is 27.9 Å². The van der Waals surface area contributed by atoms with Gasteiger partial charge >= 0.3 is 0 Å². The van der Waals surface area contributed by atoms with E-state index in [-0.39, 0.29) is 6.04 Å². The van der Waals surface area contributed by atoms with Crippen LogP contribution in [0.25, 0.3) is 0 Å². The van der Waals surface area contributed by atoms with E-state index in [1.54, 1.807) is 21.3 Å². The Morgan fingerprint density at radius 3 is 2.32 bits per heavy atom. The zero-order valence-corrected chi connectivity index (χ0v) is 11.9. The van der Waals surface area contributed by atoms with Crippen molar-refractivity contribution < 1.29 is 14.2 Å². The average Bonchev–Trinajstić information content (AvgIpc) is 2.45. The Morgan fingerprint density at radius 1 is 1.16 bits per heavy atom. The first-order chi connectivity index (χ1) is 9.23. The molecule has 0 radical (unpaired) electrons. The lowest BCUT2D eigenvalue weighted by molar-refractivity contribution is 0.319. The van der Waals surface area contributed by atoms with Crippen LogP contribution in [0.3, 0.4) is 0 Å². The predicted octanol–water partition coefficient (Wildman–Crippen LogP) is 2.39. The smallest absolute Gasteiger partial charge is 0.203 e. The molecule has 1 unspecified atom stereocenters. The van der Waals surface area contributed by atoms with Crippen molar-refractivity contribution in [2.24, 2.45) is 0 Å². The molecular formula is C15H21NO3. The fourth-order valence-corrected chi connectivity index (χ4v) is 2.06. The van der Waals surface area contributed by atoms with Gasteiger partial charge in [0.1, 0.15) is 0 Å². The van der Waals surface area contributed by atoms with E-state index in [1.807, 2.05) is 19.1 Å². The number of benzene rings is 1. The maximum atomic E-state index is 5.47. The van der Waals surface area contributed by atoms with Crippen LogP contribution < -0.4 is 19.5 Å². The topological polar surface area (TPSA) is 39.7 Å². The number of hydrogen-bond donors (Lipinski definition) is 1. The minimum Gasteiger partial charge on any atom is -0.493 e. The van der Waals surface area contributed by atoms with Crippen molar-refractivity contribution in [1.82, 2.24) is 5.32 Å². The minimum atomic E-state index is 0.0322. The lowest BCUT2D eigenvalue weighted by atomic mass is 10.0. The third-order valence-corrected chi connectivity index (χ3v) is 2.88. The highest BCUT2D eigenvalue weighted by Crippen LogP contribution is 2.42. The molecule has 0 fully saturated rings. The molecule has 19 heavy (non-hydrogen) atoms. The van der Waals surface area contributed by atoms with Gasteiger partial charge in [0.2, 0.25) is 5.75 Å². The molecule has 0 saturated heterocycles. The van der Waals surface area contributed by atoms with Gasteiger partial charge in [-0.3, -0.25) is 0 Å². The highest BCUT2D eigenvalue weighted by molar-refractivity contribution is 5.56. The Labute approximate surface area is 115 Å². The minimum absolute atomic E-state index is 0.0322. The van der Waals surface area contributed by atoms with Crippen LogP contribution in [0.15, 0.2) is 12.1 Å². The van der Waals surface area contributed by atoms with E-state index in [4.69, 9.17) is 20.6 Å². The number of terminal acetylenes is 1. The summed E-state index contributed by atoms with van der Waals surface area (Å²) in [6, 6.07) is 3.84. The fourth-order valence-electron chi connectivity index (χ4n) is 2.06. The van der Waals surface area contributed by atoms with Gasteiger partial charge in [0.25, 0.3) is 0 Å². The molecule has 0 spiro atoms. The molecule has 1 aromatic rings. The van der Waals surface area contributed by atoms with Crippen molar-refractivity contribution in [1.29, 1.82) is 0 Å². The van der Waals surface area contributed by atoms with Crippen LogP contribution in [0.1, 0.15) is 24.9 Å². The maximum Gasteiger partial charge on any atom is 0.203 e. The summed E-state index contributed by atoms with van der Waals surface area (Å²) < 4.78 is 16.1. The molecule has 0 heterocycles. The van der Waals surface area contributed by atoms with Gasteiger partial charge in [-0.1, -0.05) is 6.92 Å². The van der Waals surface area contributed by atoms with Crippen LogP contribution in [-0.2, 0) is 0 Å². The second kappa shape index (κ2) is 7.55. The molecule has 0 amide bonds. The van der Waals surface area contributed by atoms with Crippen molar-refractivity contribution in [3.8, 4) is 29.6 Å². The van der Waals surface area contributed by atoms with E-state index in [2.05, 4.69) is 11.2 Å². The number of methoxy groups -OCH3 is 3. The van der Waals surface area contributed by atoms with E-state index in [0.29, 0.717) is 23.7 Å². The highest BCUT2D eigenvalue weighted by Gasteiger charge is 2.21. The molecule has 0 aliphatic rings. The Morgan fingerprint density at radius 2 is 1.84 bits per heavy atom. The van der Waals surface area contributed by atoms with Crippen molar-refractivity contribution in [2.45, 2.75) is 19.4 Å². The molecule has 104 valence electrons. The maximum absolute atomic E-state index is 5.47. The fraction of sp³-hybridized carbons (Fsp3) is 0.467. The third-order valence-electron chi connectivity index (χ3n) is 2.88. The summed E-state index contributed by atoms with van der Waals surface area (Å²) in [5, 5.41) is 3.34. The molecule has 0 aromatic heterocycles. The summed E-state index contributed by atoms with van der Waals surface area (Å²) >= 11 is 0. The number of hydrogen-bond acceptors (Lipinski definition) is 4. The van der Waals surface area contributed by atoms with E-state index < -0.39 is 0 Å². The highest BCUT2D eigenvalue weighted by atomic mass is 16.5. The van der Waals surface area contributed by atoms with Crippen molar-refractivity contribution in [3.63, 3.8) is 0 Å². The molecular weight excluding hydrogens is 242 g/mol. The summed E-state index contributed by atoms with van der Waals surface area (Å²) in [4.78, 5) is 0. The summed E-state index contributed by atoms with van der Waals surface area (Å²) in [6.45, 7) is 2.86. The molecule has 4 nitrogen and oxygen atoms in total. The molecule has 1 aromatic carbocycles. The molecule has 0 aliphatic heterocycles. The molecule has 1 rings (SSSR count). The van der Waals surface area contributed by atoms with Gasteiger partial charge in [0.05, 0.1) is 21.3 Å². The summed E-state index contributed by atoms with van der Waals surface area (Å²) in [5.41, 5.74) is 0.972. The van der Waals surface area contributed by atoms with Gasteiger partial charge in [0, 0.05) is 18.0 Å². The van der Waals surface area contributed by atoms with E-state index in [0.717, 1.165) is 12.1 Å². The predicted molar refractivity (Wildman–Crippen MR) is 76.0 cm³/mol. The van der Waals surface area contributed by atoms with Crippen LogP contribution in [0.5, 0.6) is 17.2 Å². The van der Waals surface area contributed by atoms with Crippen molar-refractivity contribution in [3.05, 3.63) is 17.7 Å². The Balaban J connectivity index is 3.29. The van der Waals surface area contributed by atoms with Gasteiger partial charge in [-0.25, -0.2) is 0 Å². The Bertz CT molecular complexity index is 451. The Hall–Kier alpha value is -1.86. The average molecular weight is 263 g/mol. The molecule has 0 saturated carbocycles. The van der Waals surface area contributed by atoms with Crippen molar-refractivity contribution in [2.75, 3.05) is 27.9 Å². The molecule has 0 aliphatic carbocycles. The zero-order valence-electron chi connectivity index (χ0n) is 11.9. The lowest BCUT2D eigenvalue weighted by Gasteiger charge is -2.21. The number of rotatable bonds is 7.